The summed E-state index contributed by atoms with van der Waals surface area (Å²) in [5.74, 6) is 0. The summed E-state index contributed by atoms with van der Waals surface area (Å²) in [5, 5.41) is 0. The van der Waals surface area contributed by atoms with Gasteiger partial charge in [0, 0.05) is 43.3 Å². The molecule has 0 aliphatic heterocycles. The zero-order valence-electron chi connectivity index (χ0n) is 10.9. The van der Waals surface area contributed by atoms with E-state index in [0.29, 0.717) is 0 Å². The van der Waals surface area contributed by atoms with Crippen molar-refractivity contribution in [1.29, 1.82) is 0 Å². The maximum absolute atomic E-state index is 5.76. The van der Waals surface area contributed by atoms with E-state index in [-0.39, 0.29) is 0 Å². The molecule has 0 amide bonds. The standard InChI is InChI=1S/C15H19N3/c1-12-11-13(16)6-7-15(12)18(2)10-8-14-5-3-4-9-17-14/h3-7,9,11H,8,10,16H2,1-2H3. The molecule has 0 saturated carbocycles. The number of aryl methyl sites for hydroxylation is 1. The predicted molar refractivity (Wildman–Crippen MR) is 76.8 cm³/mol. The minimum Gasteiger partial charge on any atom is -0.399 e. The van der Waals surface area contributed by atoms with Crippen LogP contribution >= 0.6 is 0 Å². The number of likely N-dealkylation sites (N-methyl/N-ethyl adjacent to an activating group) is 1. The quantitative estimate of drug-likeness (QED) is 0.837. The number of rotatable bonds is 4. The Morgan fingerprint density at radius 3 is 2.72 bits per heavy atom. The van der Waals surface area contributed by atoms with E-state index >= 15 is 0 Å². The molecule has 0 aliphatic carbocycles. The van der Waals surface area contributed by atoms with Gasteiger partial charge in [-0.1, -0.05) is 6.07 Å². The van der Waals surface area contributed by atoms with Crippen LogP contribution in [0.4, 0.5) is 11.4 Å². The zero-order chi connectivity index (χ0) is 13.0. The van der Waals surface area contributed by atoms with Crippen molar-refractivity contribution in [2.45, 2.75) is 13.3 Å². The van der Waals surface area contributed by atoms with Gasteiger partial charge in [0.05, 0.1) is 0 Å². The summed E-state index contributed by atoms with van der Waals surface area (Å²) in [6, 6.07) is 12.0. The summed E-state index contributed by atoms with van der Waals surface area (Å²) >= 11 is 0. The number of nitrogen functional groups attached to an aromatic ring is 1. The molecule has 0 bridgehead atoms. The van der Waals surface area contributed by atoms with Crippen LogP contribution in [0.1, 0.15) is 11.3 Å². The third-order valence-corrected chi connectivity index (χ3v) is 3.06. The lowest BCUT2D eigenvalue weighted by Gasteiger charge is -2.21. The number of hydrogen-bond acceptors (Lipinski definition) is 3. The number of anilines is 2. The van der Waals surface area contributed by atoms with Crippen molar-refractivity contribution in [3.8, 4) is 0 Å². The summed E-state index contributed by atoms with van der Waals surface area (Å²) in [4.78, 5) is 6.57. The van der Waals surface area contributed by atoms with Gasteiger partial charge < -0.3 is 10.6 Å². The second-order valence-electron chi connectivity index (χ2n) is 4.54. The second kappa shape index (κ2) is 5.54. The zero-order valence-corrected chi connectivity index (χ0v) is 10.9. The summed E-state index contributed by atoms with van der Waals surface area (Å²) in [7, 11) is 2.10. The monoisotopic (exact) mass is 241 g/mol. The smallest absolute Gasteiger partial charge is 0.0421 e. The molecule has 1 aromatic heterocycles. The van der Waals surface area contributed by atoms with Gasteiger partial charge in [0.2, 0.25) is 0 Å². The van der Waals surface area contributed by atoms with E-state index in [1.807, 2.05) is 30.5 Å². The van der Waals surface area contributed by atoms with E-state index < -0.39 is 0 Å². The SMILES string of the molecule is Cc1cc(N)ccc1N(C)CCc1ccccn1. The largest absolute Gasteiger partial charge is 0.399 e. The maximum Gasteiger partial charge on any atom is 0.0421 e. The molecule has 0 fully saturated rings. The highest BCUT2D eigenvalue weighted by Gasteiger charge is 2.05. The van der Waals surface area contributed by atoms with Crippen molar-refractivity contribution in [1.82, 2.24) is 4.98 Å². The van der Waals surface area contributed by atoms with Crippen LogP contribution in [0.15, 0.2) is 42.6 Å². The van der Waals surface area contributed by atoms with Gasteiger partial charge in [-0.15, -0.1) is 0 Å². The molecule has 1 heterocycles. The first kappa shape index (κ1) is 12.4. The van der Waals surface area contributed by atoms with E-state index in [2.05, 4.69) is 36.0 Å². The van der Waals surface area contributed by atoms with Crippen molar-refractivity contribution in [2.24, 2.45) is 0 Å². The molecule has 18 heavy (non-hydrogen) atoms. The van der Waals surface area contributed by atoms with E-state index in [9.17, 15) is 0 Å². The summed E-state index contributed by atoms with van der Waals surface area (Å²) in [6.07, 6.45) is 2.78. The lowest BCUT2D eigenvalue weighted by Crippen LogP contribution is -2.21. The molecule has 2 N–H and O–H groups in total. The third-order valence-electron chi connectivity index (χ3n) is 3.06. The van der Waals surface area contributed by atoms with Gasteiger partial charge in [-0.05, 0) is 42.8 Å². The van der Waals surface area contributed by atoms with Gasteiger partial charge in [-0.2, -0.15) is 0 Å². The molecule has 0 unspecified atom stereocenters. The van der Waals surface area contributed by atoms with E-state index in [0.717, 1.165) is 24.3 Å². The van der Waals surface area contributed by atoms with Crippen molar-refractivity contribution in [3.05, 3.63) is 53.9 Å². The van der Waals surface area contributed by atoms with Crippen molar-refractivity contribution in [3.63, 3.8) is 0 Å². The third kappa shape index (κ3) is 3.00. The fourth-order valence-electron chi connectivity index (χ4n) is 2.06. The Balaban J connectivity index is 2.01. The minimum atomic E-state index is 0.814. The Bertz CT molecular complexity index is 508. The Morgan fingerprint density at radius 2 is 2.06 bits per heavy atom. The van der Waals surface area contributed by atoms with Gasteiger partial charge in [-0.3, -0.25) is 4.98 Å². The Morgan fingerprint density at radius 1 is 1.22 bits per heavy atom. The van der Waals surface area contributed by atoms with E-state index in [1.54, 1.807) is 0 Å². The highest BCUT2D eigenvalue weighted by Crippen LogP contribution is 2.21. The molecule has 2 rings (SSSR count). The number of nitrogens with zero attached hydrogens (tertiary/aromatic N) is 2. The first-order valence-electron chi connectivity index (χ1n) is 6.14. The van der Waals surface area contributed by atoms with Gasteiger partial charge in [-0.25, -0.2) is 0 Å². The minimum absolute atomic E-state index is 0.814. The highest BCUT2D eigenvalue weighted by atomic mass is 15.1. The second-order valence-corrected chi connectivity index (χ2v) is 4.54. The topological polar surface area (TPSA) is 42.1 Å². The Labute approximate surface area is 108 Å². The number of hydrogen-bond donors (Lipinski definition) is 1. The molecule has 0 radical (unpaired) electrons. The molecule has 0 atom stereocenters. The lowest BCUT2D eigenvalue weighted by molar-refractivity contribution is 0.850. The van der Waals surface area contributed by atoms with Crippen molar-refractivity contribution in [2.75, 3.05) is 24.2 Å². The average Bonchev–Trinajstić information content (AvgIpc) is 2.37. The van der Waals surface area contributed by atoms with Crippen LogP contribution in [0, 0.1) is 6.92 Å². The fourth-order valence-corrected chi connectivity index (χ4v) is 2.06. The summed E-state index contributed by atoms with van der Waals surface area (Å²) in [6.45, 7) is 3.03. The molecule has 94 valence electrons. The first-order chi connectivity index (χ1) is 8.66. The normalized spacial score (nSPS) is 10.3. The molecule has 0 spiro atoms. The Hall–Kier alpha value is -2.03. The van der Waals surface area contributed by atoms with Crippen molar-refractivity contribution >= 4 is 11.4 Å². The molecule has 0 aliphatic rings. The van der Waals surface area contributed by atoms with E-state index in [4.69, 9.17) is 5.73 Å². The number of benzene rings is 1. The molecule has 3 heteroatoms. The van der Waals surface area contributed by atoms with Crippen LogP contribution in [0.25, 0.3) is 0 Å². The fraction of sp³-hybridized carbons (Fsp3) is 0.267. The van der Waals surface area contributed by atoms with E-state index in [1.165, 1.54) is 11.3 Å². The van der Waals surface area contributed by atoms with Crippen LogP contribution in [0.2, 0.25) is 0 Å². The summed E-state index contributed by atoms with van der Waals surface area (Å²) < 4.78 is 0. The van der Waals surface area contributed by atoms with Gasteiger partial charge in [0.15, 0.2) is 0 Å². The van der Waals surface area contributed by atoms with Gasteiger partial charge in [0.1, 0.15) is 0 Å². The van der Waals surface area contributed by atoms with Gasteiger partial charge in [0.25, 0.3) is 0 Å². The Kier molecular flexibility index (Phi) is 3.82. The van der Waals surface area contributed by atoms with Crippen molar-refractivity contribution < 1.29 is 0 Å². The highest BCUT2D eigenvalue weighted by molar-refractivity contribution is 5.58. The van der Waals surface area contributed by atoms with Crippen LogP contribution in [0.5, 0.6) is 0 Å². The molecule has 3 nitrogen and oxygen atoms in total. The summed E-state index contributed by atoms with van der Waals surface area (Å²) in [5.41, 5.74) is 10.1. The molecule has 1 aromatic carbocycles. The molecule has 0 saturated heterocycles. The maximum atomic E-state index is 5.76. The first-order valence-corrected chi connectivity index (χ1v) is 6.14. The van der Waals surface area contributed by atoms with Crippen LogP contribution in [-0.4, -0.2) is 18.6 Å². The van der Waals surface area contributed by atoms with Crippen LogP contribution < -0.4 is 10.6 Å². The molecular weight excluding hydrogens is 222 g/mol. The van der Waals surface area contributed by atoms with Crippen LogP contribution in [0.3, 0.4) is 0 Å². The molecule has 2 aromatic rings. The molecular formula is C15H19N3. The number of aromatic nitrogens is 1. The van der Waals surface area contributed by atoms with Crippen LogP contribution in [-0.2, 0) is 6.42 Å². The van der Waals surface area contributed by atoms with Gasteiger partial charge >= 0.3 is 0 Å². The lowest BCUT2D eigenvalue weighted by atomic mass is 10.1. The number of pyridine rings is 1. The number of nitrogens with two attached hydrogens (primary N) is 1. The average molecular weight is 241 g/mol. The predicted octanol–water partition coefficient (Wildman–Crippen LogP) is 2.65.